The number of amides is 3. The van der Waals surface area contributed by atoms with Crippen LogP contribution >= 0.6 is 23.4 Å². The fourth-order valence-corrected chi connectivity index (χ4v) is 4.64. The van der Waals surface area contributed by atoms with Gasteiger partial charge in [0.25, 0.3) is 0 Å². The van der Waals surface area contributed by atoms with Gasteiger partial charge in [0.1, 0.15) is 0 Å². The van der Waals surface area contributed by atoms with Crippen LogP contribution in [0.1, 0.15) is 23.3 Å². The second kappa shape index (κ2) is 10.6. The van der Waals surface area contributed by atoms with Crippen LogP contribution in [0.4, 0.5) is 4.79 Å². The number of hydrogen-bond donors (Lipinski definition) is 1. The van der Waals surface area contributed by atoms with Gasteiger partial charge in [0.15, 0.2) is 0 Å². The average Bonchev–Trinajstić information content (AvgIpc) is 2.76. The highest BCUT2D eigenvalue weighted by atomic mass is 35.5. The molecule has 1 saturated heterocycles. The Balaban J connectivity index is 1.60. The van der Waals surface area contributed by atoms with Gasteiger partial charge in [-0.2, -0.15) is 0 Å². The van der Waals surface area contributed by atoms with E-state index in [0.29, 0.717) is 43.5 Å². The van der Waals surface area contributed by atoms with E-state index in [2.05, 4.69) is 17.4 Å². The molecule has 154 valence electrons. The second-order valence-electron chi connectivity index (χ2n) is 6.86. The smallest absolute Gasteiger partial charge is 0.317 e. The van der Waals surface area contributed by atoms with Crippen LogP contribution in [0.5, 0.6) is 0 Å². The van der Waals surface area contributed by atoms with Crippen molar-refractivity contribution in [1.82, 2.24) is 15.1 Å². The maximum absolute atomic E-state index is 12.8. The number of piperazine rings is 1. The van der Waals surface area contributed by atoms with Crippen molar-refractivity contribution in [2.75, 3.05) is 38.5 Å². The SMILES string of the molecule is CCNC(=O)N1CCN(C(=O)CSC(c2ccccc2)c2ccc(Cl)cc2)CC1. The molecule has 1 fully saturated rings. The molecule has 1 N–H and O–H groups in total. The zero-order valence-corrected chi connectivity index (χ0v) is 18.1. The Hall–Kier alpha value is -2.18. The first kappa shape index (κ1) is 21.5. The van der Waals surface area contributed by atoms with Gasteiger partial charge < -0.3 is 15.1 Å². The molecule has 0 aliphatic carbocycles. The number of carbonyl (C=O) groups excluding carboxylic acids is 2. The van der Waals surface area contributed by atoms with E-state index in [4.69, 9.17) is 11.6 Å². The summed E-state index contributed by atoms with van der Waals surface area (Å²) < 4.78 is 0. The third-order valence-corrected chi connectivity index (χ3v) is 6.44. The molecule has 5 nitrogen and oxygen atoms in total. The summed E-state index contributed by atoms with van der Waals surface area (Å²) in [5.41, 5.74) is 2.29. The highest BCUT2D eigenvalue weighted by Crippen LogP contribution is 2.36. The van der Waals surface area contributed by atoms with E-state index in [-0.39, 0.29) is 17.2 Å². The van der Waals surface area contributed by atoms with E-state index in [9.17, 15) is 9.59 Å². The van der Waals surface area contributed by atoms with Crippen LogP contribution in [-0.2, 0) is 4.79 Å². The lowest BCUT2D eigenvalue weighted by Crippen LogP contribution is -2.53. The number of nitrogens with zero attached hydrogens (tertiary/aromatic N) is 2. The molecule has 0 aromatic heterocycles. The molecule has 29 heavy (non-hydrogen) atoms. The van der Waals surface area contributed by atoms with Crippen molar-refractivity contribution in [1.29, 1.82) is 0 Å². The number of hydrogen-bond acceptors (Lipinski definition) is 3. The Labute approximate surface area is 181 Å². The summed E-state index contributed by atoms with van der Waals surface area (Å²) in [6.07, 6.45) is 0. The largest absolute Gasteiger partial charge is 0.338 e. The summed E-state index contributed by atoms with van der Waals surface area (Å²) in [6.45, 7) is 4.81. The Morgan fingerprint density at radius 2 is 1.55 bits per heavy atom. The maximum Gasteiger partial charge on any atom is 0.317 e. The maximum atomic E-state index is 12.8. The zero-order chi connectivity index (χ0) is 20.6. The Bertz CT molecular complexity index is 809. The third-order valence-electron chi connectivity index (χ3n) is 4.90. The average molecular weight is 432 g/mol. The fraction of sp³-hybridized carbons (Fsp3) is 0.364. The summed E-state index contributed by atoms with van der Waals surface area (Å²) in [6, 6.07) is 17.9. The highest BCUT2D eigenvalue weighted by molar-refractivity contribution is 8.00. The first-order valence-electron chi connectivity index (χ1n) is 9.81. The van der Waals surface area contributed by atoms with Gasteiger partial charge >= 0.3 is 6.03 Å². The molecule has 1 heterocycles. The van der Waals surface area contributed by atoms with Gasteiger partial charge in [0.2, 0.25) is 5.91 Å². The van der Waals surface area contributed by atoms with Crippen LogP contribution in [0.3, 0.4) is 0 Å². The van der Waals surface area contributed by atoms with Crippen molar-refractivity contribution >= 4 is 35.3 Å². The molecular weight excluding hydrogens is 406 g/mol. The van der Waals surface area contributed by atoms with E-state index in [1.165, 1.54) is 0 Å². The lowest BCUT2D eigenvalue weighted by atomic mass is 10.0. The summed E-state index contributed by atoms with van der Waals surface area (Å²) in [5, 5.41) is 3.57. The number of benzene rings is 2. The number of nitrogens with one attached hydrogen (secondary N) is 1. The predicted molar refractivity (Wildman–Crippen MR) is 119 cm³/mol. The molecule has 0 radical (unpaired) electrons. The van der Waals surface area contributed by atoms with Gasteiger partial charge in [-0.25, -0.2) is 4.79 Å². The molecule has 3 rings (SSSR count). The molecule has 2 aromatic carbocycles. The highest BCUT2D eigenvalue weighted by Gasteiger charge is 2.25. The van der Waals surface area contributed by atoms with Crippen LogP contribution in [0, 0.1) is 0 Å². The van der Waals surface area contributed by atoms with E-state index in [0.717, 1.165) is 11.1 Å². The Kier molecular flexibility index (Phi) is 7.83. The molecule has 1 atom stereocenters. The quantitative estimate of drug-likeness (QED) is 0.751. The van der Waals surface area contributed by atoms with Crippen molar-refractivity contribution in [3.63, 3.8) is 0 Å². The van der Waals surface area contributed by atoms with E-state index in [1.807, 2.05) is 54.3 Å². The summed E-state index contributed by atoms with van der Waals surface area (Å²) >= 11 is 7.67. The molecule has 0 spiro atoms. The van der Waals surface area contributed by atoms with Crippen LogP contribution in [0.2, 0.25) is 5.02 Å². The first-order valence-corrected chi connectivity index (χ1v) is 11.2. The number of rotatable bonds is 6. The van der Waals surface area contributed by atoms with Crippen molar-refractivity contribution < 1.29 is 9.59 Å². The molecular formula is C22H26ClN3O2S. The van der Waals surface area contributed by atoms with E-state index < -0.39 is 0 Å². The molecule has 1 aliphatic rings. The molecule has 0 bridgehead atoms. The fourth-order valence-electron chi connectivity index (χ4n) is 3.32. The first-order chi connectivity index (χ1) is 14.1. The second-order valence-corrected chi connectivity index (χ2v) is 8.39. The van der Waals surface area contributed by atoms with Crippen LogP contribution < -0.4 is 5.32 Å². The summed E-state index contributed by atoms with van der Waals surface area (Å²) in [4.78, 5) is 28.3. The van der Waals surface area contributed by atoms with Crippen molar-refractivity contribution in [3.05, 3.63) is 70.7 Å². The van der Waals surface area contributed by atoms with Crippen molar-refractivity contribution in [2.45, 2.75) is 12.2 Å². The minimum absolute atomic E-state index is 0.0548. The van der Waals surface area contributed by atoms with Gasteiger partial charge in [-0.3, -0.25) is 4.79 Å². The molecule has 7 heteroatoms. The van der Waals surface area contributed by atoms with Crippen LogP contribution in [0.25, 0.3) is 0 Å². The van der Waals surface area contributed by atoms with Crippen LogP contribution in [-0.4, -0.2) is 60.2 Å². The third kappa shape index (κ3) is 5.90. The predicted octanol–water partition coefficient (Wildman–Crippen LogP) is 4.04. The summed E-state index contributed by atoms with van der Waals surface area (Å²) in [7, 11) is 0. The van der Waals surface area contributed by atoms with Crippen molar-refractivity contribution in [2.24, 2.45) is 0 Å². The number of urea groups is 1. The van der Waals surface area contributed by atoms with E-state index >= 15 is 0 Å². The van der Waals surface area contributed by atoms with Gasteiger partial charge in [-0.1, -0.05) is 54.1 Å². The Morgan fingerprint density at radius 3 is 2.17 bits per heavy atom. The zero-order valence-electron chi connectivity index (χ0n) is 16.5. The standard InChI is InChI=1S/C22H26ClN3O2S/c1-2-24-22(28)26-14-12-25(13-15-26)20(27)16-29-21(17-6-4-3-5-7-17)18-8-10-19(23)11-9-18/h3-11,21H,2,12-16H2,1H3,(H,24,28). The van der Waals surface area contributed by atoms with Gasteiger partial charge in [0, 0.05) is 37.7 Å². The van der Waals surface area contributed by atoms with Gasteiger partial charge in [-0.15, -0.1) is 11.8 Å². The molecule has 0 saturated carbocycles. The Morgan fingerprint density at radius 1 is 0.966 bits per heavy atom. The van der Waals surface area contributed by atoms with Gasteiger partial charge in [-0.05, 0) is 30.2 Å². The minimum atomic E-state index is -0.0548. The van der Waals surface area contributed by atoms with Crippen molar-refractivity contribution in [3.8, 4) is 0 Å². The molecule has 3 amide bonds. The lowest BCUT2D eigenvalue weighted by Gasteiger charge is -2.34. The molecule has 1 aliphatic heterocycles. The molecule has 1 unspecified atom stereocenters. The monoisotopic (exact) mass is 431 g/mol. The minimum Gasteiger partial charge on any atom is -0.338 e. The number of thioether (sulfide) groups is 1. The summed E-state index contributed by atoms with van der Waals surface area (Å²) in [5.74, 6) is 0.504. The molecule has 2 aromatic rings. The number of halogens is 1. The van der Waals surface area contributed by atoms with E-state index in [1.54, 1.807) is 16.7 Å². The number of carbonyl (C=O) groups is 2. The lowest BCUT2D eigenvalue weighted by molar-refractivity contribution is -0.129. The normalized spacial score (nSPS) is 15.1. The van der Waals surface area contributed by atoms with Gasteiger partial charge in [0.05, 0.1) is 11.0 Å². The van der Waals surface area contributed by atoms with Crippen LogP contribution in [0.15, 0.2) is 54.6 Å². The topological polar surface area (TPSA) is 52.7 Å².